The number of aliphatic hydroxyl groups is 1. The fourth-order valence-electron chi connectivity index (χ4n) is 2.73. The van der Waals surface area contributed by atoms with Gasteiger partial charge in [-0.25, -0.2) is 13.6 Å². The van der Waals surface area contributed by atoms with Gasteiger partial charge in [0.15, 0.2) is 11.5 Å². The molecule has 0 unspecified atom stereocenters. The number of esters is 1. The third-order valence-corrected chi connectivity index (χ3v) is 4.09. The summed E-state index contributed by atoms with van der Waals surface area (Å²) in [6.07, 6.45) is 0.685. The van der Waals surface area contributed by atoms with Crippen molar-refractivity contribution >= 4 is 16.9 Å². The van der Waals surface area contributed by atoms with Gasteiger partial charge in [-0.15, -0.1) is 0 Å². The van der Waals surface area contributed by atoms with Crippen LogP contribution < -0.4 is 0 Å². The molecule has 0 aliphatic rings. The Labute approximate surface area is 143 Å². The van der Waals surface area contributed by atoms with Crippen LogP contribution in [0.3, 0.4) is 0 Å². The van der Waals surface area contributed by atoms with Gasteiger partial charge in [0.05, 0.1) is 12.1 Å². The largest absolute Gasteiger partial charge is 0.456 e. The van der Waals surface area contributed by atoms with Gasteiger partial charge in [0.2, 0.25) is 0 Å². The highest BCUT2D eigenvalue weighted by atomic mass is 19.1. The number of aliphatic hydroxyl groups excluding tert-OH is 1. The predicted octanol–water partition coefficient (Wildman–Crippen LogP) is 3.86. The van der Waals surface area contributed by atoms with Gasteiger partial charge >= 0.3 is 5.97 Å². The van der Waals surface area contributed by atoms with Gasteiger partial charge in [0.1, 0.15) is 12.4 Å². The first-order valence-corrected chi connectivity index (χ1v) is 7.89. The lowest BCUT2D eigenvalue weighted by molar-refractivity contribution is 0.0457. The normalized spacial score (nSPS) is 11.0. The van der Waals surface area contributed by atoms with Gasteiger partial charge in [-0.1, -0.05) is 25.1 Å². The predicted molar refractivity (Wildman–Crippen MR) is 89.1 cm³/mol. The Morgan fingerprint density at radius 3 is 2.72 bits per heavy atom. The van der Waals surface area contributed by atoms with Gasteiger partial charge < -0.3 is 14.8 Å². The third-order valence-electron chi connectivity index (χ3n) is 4.09. The molecule has 6 heteroatoms. The minimum absolute atomic E-state index is 0.116. The van der Waals surface area contributed by atoms with E-state index in [-0.39, 0.29) is 24.5 Å². The molecule has 1 heterocycles. The Morgan fingerprint density at radius 2 is 2.00 bits per heavy atom. The van der Waals surface area contributed by atoms with E-state index in [0.29, 0.717) is 22.9 Å². The average molecular weight is 345 g/mol. The number of rotatable bonds is 5. The SMILES string of the molecule is CCc1cccc2c(F)c(C(=O)OCc3cc(CO)ccc3F)[nH]c12. The summed E-state index contributed by atoms with van der Waals surface area (Å²) in [5, 5.41) is 9.41. The van der Waals surface area contributed by atoms with Crippen LogP contribution in [0.2, 0.25) is 0 Å². The van der Waals surface area contributed by atoms with E-state index in [2.05, 4.69) is 4.98 Å². The van der Waals surface area contributed by atoms with Gasteiger partial charge in [-0.2, -0.15) is 0 Å². The number of carbonyl (C=O) groups is 1. The van der Waals surface area contributed by atoms with E-state index in [9.17, 15) is 13.6 Å². The summed E-state index contributed by atoms with van der Waals surface area (Å²) in [5.41, 5.74) is 1.78. The number of aromatic nitrogens is 1. The summed E-state index contributed by atoms with van der Waals surface area (Å²) in [5.74, 6) is -2.14. The summed E-state index contributed by atoms with van der Waals surface area (Å²) in [6, 6.07) is 9.18. The van der Waals surface area contributed by atoms with E-state index in [4.69, 9.17) is 9.84 Å². The lowest BCUT2D eigenvalue weighted by Gasteiger charge is -2.06. The Kier molecular flexibility index (Phi) is 4.81. The maximum Gasteiger partial charge on any atom is 0.358 e. The molecule has 0 bridgehead atoms. The van der Waals surface area contributed by atoms with Crippen molar-refractivity contribution in [2.24, 2.45) is 0 Å². The molecule has 0 spiro atoms. The van der Waals surface area contributed by atoms with E-state index >= 15 is 0 Å². The lowest BCUT2D eigenvalue weighted by Crippen LogP contribution is -2.08. The second-order valence-electron chi connectivity index (χ2n) is 5.67. The van der Waals surface area contributed by atoms with Gasteiger partial charge in [-0.05, 0) is 35.7 Å². The molecule has 1 aromatic heterocycles. The van der Waals surface area contributed by atoms with Crippen LogP contribution in [0.5, 0.6) is 0 Å². The van der Waals surface area contributed by atoms with Crippen LogP contribution in [0.4, 0.5) is 8.78 Å². The second kappa shape index (κ2) is 7.03. The highest BCUT2D eigenvalue weighted by molar-refractivity contribution is 5.96. The number of para-hydroxylation sites is 1. The summed E-state index contributed by atoms with van der Waals surface area (Å²) < 4.78 is 33.3. The fourth-order valence-corrected chi connectivity index (χ4v) is 2.73. The molecular formula is C19H17F2NO3. The molecule has 0 aliphatic carbocycles. The van der Waals surface area contributed by atoms with E-state index in [1.165, 1.54) is 18.2 Å². The first kappa shape index (κ1) is 17.1. The smallest absolute Gasteiger partial charge is 0.358 e. The molecule has 0 aliphatic heterocycles. The van der Waals surface area contributed by atoms with Crippen molar-refractivity contribution in [3.63, 3.8) is 0 Å². The molecule has 4 nitrogen and oxygen atoms in total. The summed E-state index contributed by atoms with van der Waals surface area (Å²) >= 11 is 0. The Bertz CT molecular complexity index is 934. The molecule has 0 saturated carbocycles. The van der Waals surface area contributed by atoms with Gasteiger partial charge in [-0.3, -0.25) is 0 Å². The fraction of sp³-hybridized carbons (Fsp3) is 0.211. The number of hydrogen-bond donors (Lipinski definition) is 2. The summed E-state index contributed by atoms with van der Waals surface area (Å²) in [4.78, 5) is 15.0. The zero-order valence-corrected chi connectivity index (χ0v) is 13.6. The quantitative estimate of drug-likeness (QED) is 0.690. The molecule has 130 valence electrons. The molecule has 3 aromatic rings. The van der Waals surface area contributed by atoms with Gasteiger partial charge in [0.25, 0.3) is 0 Å². The van der Waals surface area contributed by atoms with Crippen molar-refractivity contribution in [3.05, 3.63) is 70.4 Å². The van der Waals surface area contributed by atoms with Crippen LogP contribution in [-0.4, -0.2) is 16.1 Å². The van der Waals surface area contributed by atoms with Crippen LogP contribution in [0.1, 0.15) is 34.1 Å². The van der Waals surface area contributed by atoms with Crippen molar-refractivity contribution < 1.29 is 23.4 Å². The number of aryl methyl sites for hydroxylation is 1. The number of aromatic amines is 1. The van der Waals surface area contributed by atoms with E-state index in [1.807, 2.05) is 13.0 Å². The van der Waals surface area contributed by atoms with Crippen molar-refractivity contribution in [3.8, 4) is 0 Å². The lowest BCUT2D eigenvalue weighted by atomic mass is 10.1. The molecule has 2 N–H and O–H groups in total. The van der Waals surface area contributed by atoms with Crippen molar-refractivity contribution in [1.82, 2.24) is 4.98 Å². The van der Waals surface area contributed by atoms with Crippen molar-refractivity contribution in [2.75, 3.05) is 0 Å². The number of hydrogen-bond acceptors (Lipinski definition) is 3. The number of ether oxygens (including phenoxy) is 1. The average Bonchev–Trinajstić information content (AvgIpc) is 2.98. The number of halogens is 2. The highest BCUT2D eigenvalue weighted by Crippen LogP contribution is 2.25. The second-order valence-corrected chi connectivity index (χ2v) is 5.67. The third kappa shape index (κ3) is 3.25. The Balaban J connectivity index is 1.85. The van der Waals surface area contributed by atoms with Crippen LogP contribution in [0.25, 0.3) is 10.9 Å². The first-order chi connectivity index (χ1) is 12.0. The zero-order chi connectivity index (χ0) is 18.0. The van der Waals surface area contributed by atoms with E-state index < -0.39 is 17.6 Å². The van der Waals surface area contributed by atoms with Crippen LogP contribution >= 0.6 is 0 Å². The van der Waals surface area contributed by atoms with Gasteiger partial charge in [0, 0.05) is 10.9 Å². The number of carbonyl (C=O) groups excluding carboxylic acids is 1. The van der Waals surface area contributed by atoms with Crippen molar-refractivity contribution in [1.29, 1.82) is 0 Å². The van der Waals surface area contributed by atoms with Crippen LogP contribution in [0, 0.1) is 11.6 Å². The molecule has 0 amide bonds. The standard InChI is InChI=1S/C19H17F2NO3/c1-2-12-4-3-5-14-16(21)18(22-17(12)14)19(24)25-10-13-8-11(9-23)6-7-15(13)20/h3-8,22-23H,2,9-10H2,1H3. The molecule has 0 saturated heterocycles. The molecule has 3 rings (SSSR count). The highest BCUT2D eigenvalue weighted by Gasteiger charge is 2.21. The number of benzene rings is 2. The number of fused-ring (bicyclic) bond motifs is 1. The molecule has 0 atom stereocenters. The van der Waals surface area contributed by atoms with Crippen LogP contribution in [-0.2, 0) is 24.4 Å². The monoisotopic (exact) mass is 345 g/mol. The molecule has 2 aromatic carbocycles. The topological polar surface area (TPSA) is 62.3 Å². The maximum absolute atomic E-state index is 14.5. The first-order valence-electron chi connectivity index (χ1n) is 7.89. The molecule has 0 fully saturated rings. The van der Waals surface area contributed by atoms with E-state index in [0.717, 1.165) is 5.56 Å². The zero-order valence-electron chi connectivity index (χ0n) is 13.6. The molecule has 25 heavy (non-hydrogen) atoms. The molecule has 0 radical (unpaired) electrons. The Morgan fingerprint density at radius 1 is 1.20 bits per heavy atom. The minimum Gasteiger partial charge on any atom is -0.456 e. The van der Waals surface area contributed by atoms with E-state index in [1.54, 1.807) is 12.1 Å². The number of nitrogens with one attached hydrogen (secondary N) is 1. The summed E-state index contributed by atoms with van der Waals surface area (Å²) in [7, 11) is 0. The number of H-pyrrole nitrogens is 1. The van der Waals surface area contributed by atoms with Crippen LogP contribution in [0.15, 0.2) is 36.4 Å². The van der Waals surface area contributed by atoms with Crippen molar-refractivity contribution in [2.45, 2.75) is 26.6 Å². The Hall–Kier alpha value is -2.73. The minimum atomic E-state index is -0.899. The molecular weight excluding hydrogens is 328 g/mol. The summed E-state index contributed by atoms with van der Waals surface area (Å²) in [6.45, 7) is 1.33. The maximum atomic E-state index is 14.5.